The minimum atomic E-state index is 0.898. The van der Waals surface area contributed by atoms with Gasteiger partial charge in [-0.25, -0.2) is 0 Å². The second-order valence-electron chi connectivity index (χ2n) is 6.81. The Balaban J connectivity index is 1.81. The summed E-state index contributed by atoms with van der Waals surface area (Å²) in [4.78, 5) is 2.23. The second-order valence-corrected chi connectivity index (χ2v) is 7.73. The third-order valence-corrected chi connectivity index (χ3v) is 5.74. The van der Waals surface area contributed by atoms with Crippen molar-refractivity contribution >= 4 is 66.1 Å². The molecule has 1 aromatic heterocycles. The van der Waals surface area contributed by atoms with Crippen molar-refractivity contribution in [1.29, 1.82) is 0 Å². The Kier molecular flexibility index (Phi) is 3.06. The lowest BCUT2D eigenvalue weighted by Gasteiger charge is -2.26. The zero-order valence-corrected chi connectivity index (χ0v) is 15.9. The van der Waals surface area contributed by atoms with Gasteiger partial charge in [-0.05, 0) is 53.4 Å². The predicted molar refractivity (Wildman–Crippen MR) is 117 cm³/mol. The van der Waals surface area contributed by atoms with Crippen LogP contribution in [-0.2, 0) is 0 Å². The molecule has 0 aliphatic carbocycles. The normalized spacial score (nSPS) is 13.1. The summed E-state index contributed by atoms with van der Waals surface area (Å²) in [6.07, 6.45) is 4.31. The van der Waals surface area contributed by atoms with Gasteiger partial charge in [-0.3, -0.25) is 0 Å². The first-order chi connectivity index (χ1) is 13.3. The van der Waals surface area contributed by atoms with E-state index < -0.39 is 0 Å². The number of hydrogen-bond acceptors (Lipinski definition) is 2. The fourth-order valence-corrected chi connectivity index (χ4v) is 4.40. The number of rotatable bonds is 1. The average molecular weight is 412 g/mol. The van der Waals surface area contributed by atoms with E-state index in [1.165, 1.54) is 16.3 Å². The van der Waals surface area contributed by atoms with Gasteiger partial charge in [0.2, 0.25) is 0 Å². The van der Waals surface area contributed by atoms with E-state index in [1.54, 1.807) is 0 Å². The minimum Gasteiger partial charge on any atom is -0.454 e. The number of furan rings is 1. The lowest BCUT2D eigenvalue weighted by molar-refractivity contribution is 0.669. The molecule has 1 aliphatic heterocycles. The maximum atomic E-state index is 6.40. The first-order valence-corrected chi connectivity index (χ1v) is 9.69. The first-order valence-electron chi connectivity index (χ1n) is 8.89. The van der Waals surface area contributed by atoms with Crippen LogP contribution in [0, 0.1) is 0 Å². The smallest absolute Gasteiger partial charge is 0.160 e. The van der Waals surface area contributed by atoms with Crippen LogP contribution in [0.1, 0.15) is 5.56 Å². The zero-order valence-electron chi connectivity index (χ0n) is 14.3. The highest BCUT2D eigenvalue weighted by atomic mass is 79.9. The predicted octanol–water partition coefficient (Wildman–Crippen LogP) is 7.62. The summed E-state index contributed by atoms with van der Waals surface area (Å²) in [7, 11) is 0. The highest BCUT2D eigenvalue weighted by Gasteiger charge is 2.23. The highest BCUT2D eigenvalue weighted by Crippen LogP contribution is 2.46. The zero-order chi connectivity index (χ0) is 18.0. The summed E-state index contributed by atoms with van der Waals surface area (Å²) in [6.45, 7) is 0. The topological polar surface area (TPSA) is 16.4 Å². The van der Waals surface area contributed by atoms with Crippen molar-refractivity contribution in [1.82, 2.24) is 0 Å². The number of hydrogen-bond donors (Lipinski definition) is 0. The van der Waals surface area contributed by atoms with E-state index >= 15 is 0 Å². The Morgan fingerprint density at radius 3 is 2.59 bits per heavy atom. The lowest BCUT2D eigenvalue weighted by Crippen LogP contribution is -2.12. The number of benzene rings is 4. The van der Waals surface area contributed by atoms with E-state index in [4.69, 9.17) is 4.42 Å². The fourth-order valence-electron chi connectivity index (χ4n) is 4.06. The van der Waals surface area contributed by atoms with Gasteiger partial charge in [-0.1, -0.05) is 52.3 Å². The molecule has 0 saturated heterocycles. The number of anilines is 2. The van der Waals surface area contributed by atoms with Crippen LogP contribution in [0.2, 0.25) is 0 Å². The molecular formula is C24H14BrNO. The highest BCUT2D eigenvalue weighted by molar-refractivity contribution is 9.10. The van der Waals surface area contributed by atoms with Crippen LogP contribution in [0.15, 0.2) is 87.9 Å². The number of nitrogens with zero attached hydrogens (tertiary/aromatic N) is 1. The summed E-state index contributed by atoms with van der Waals surface area (Å²) in [5, 5.41) is 4.74. The Hall–Kier alpha value is -3.04. The summed E-state index contributed by atoms with van der Waals surface area (Å²) in [6, 6.07) is 25.4. The van der Waals surface area contributed by atoms with Gasteiger partial charge in [0.25, 0.3) is 0 Å². The molecule has 2 heterocycles. The van der Waals surface area contributed by atoms with Gasteiger partial charge in [0, 0.05) is 32.5 Å². The standard InChI is InChI=1S/C24H14BrNO/c25-17-9-10-19-20-13-16-6-4-5-15-11-12-26(18-7-2-1-3-8-18)23(22(15)16)24(20)27-21(19)14-17/h1-14H. The molecular weight excluding hydrogens is 398 g/mol. The SMILES string of the molecule is Brc1ccc2c(c1)oc1c3c4c(cccc4cc12)C=CN3c1ccccc1. The van der Waals surface area contributed by atoms with Crippen LogP contribution in [0.25, 0.3) is 38.8 Å². The molecule has 0 radical (unpaired) electrons. The van der Waals surface area contributed by atoms with E-state index in [2.05, 4.69) is 93.8 Å². The molecule has 128 valence electrons. The number of fused-ring (bicyclic) bond motifs is 4. The fraction of sp³-hybridized carbons (Fsp3) is 0. The summed E-state index contributed by atoms with van der Waals surface area (Å²) in [5.74, 6) is 0. The van der Waals surface area contributed by atoms with Gasteiger partial charge >= 0.3 is 0 Å². The van der Waals surface area contributed by atoms with Crippen LogP contribution in [0.3, 0.4) is 0 Å². The van der Waals surface area contributed by atoms with E-state index in [-0.39, 0.29) is 0 Å². The molecule has 27 heavy (non-hydrogen) atoms. The van der Waals surface area contributed by atoms with Crippen molar-refractivity contribution < 1.29 is 4.42 Å². The molecule has 1 aliphatic rings. The van der Waals surface area contributed by atoms with Crippen molar-refractivity contribution in [3.8, 4) is 0 Å². The maximum absolute atomic E-state index is 6.40. The van der Waals surface area contributed by atoms with Gasteiger partial charge in [0.1, 0.15) is 5.58 Å². The summed E-state index contributed by atoms with van der Waals surface area (Å²) < 4.78 is 7.42. The van der Waals surface area contributed by atoms with Gasteiger partial charge in [0.05, 0.1) is 5.69 Å². The molecule has 0 N–H and O–H groups in total. The molecule has 2 nitrogen and oxygen atoms in total. The minimum absolute atomic E-state index is 0.898. The molecule has 0 saturated carbocycles. The van der Waals surface area contributed by atoms with Gasteiger partial charge < -0.3 is 9.32 Å². The van der Waals surface area contributed by atoms with E-state index in [0.29, 0.717) is 0 Å². The van der Waals surface area contributed by atoms with Crippen molar-refractivity contribution in [2.24, 2.45) is 0 Å². The van der Waals surface area contributed by atoms with Gasteiger partial charge in [-0.2, -0.15) is 0 Å². The largest absolute Gasteiger partial charge is 0.454 e. The molecule has 6 rings (SSSR count). The Morgan fingerprint density at radius 1 is 0.815 bits per heavy atom. The molecule has 0 amide bonds. The summed E-state index contributed by atoms with van der Waals surface area (Å²) in [5.41, 5.74) is 5.28. The number of para-hydroxylation sites is 1. The molecule has 0 fully saturated rings. The first kappa shape index (κ1) is 15.1. The maximum Gasteiger partial charge on any atom is 0.160 e. The Morgan fingerprint density at radius 2 is 1.70 bits per heavy atom. The van der Waals surface area contributed by atoms with Crippen LogP contribution in [0.4, 0.5) is 11.4 Å². The quantitative estimate of drug-likeness (QED) is 0.282. The monoisotopic (exact) mass is 411 g/mol. The third-order valence-electron chi connectivity index (χ3n) is 5.25. The van der Waals surface area contributed by atoms with Gasteiger partial charge in [-0.15, -0.1) is 0 Å². The Bertz CT molecular complexity index is 1380. The molecule has 4 aromatic carbocycles. The second kappa shape index (κ2) is 5.48. The molecule has 0 unspecified atom stereocenters. The lowest BCUT2D eigenvalue weighted by atomic mass is 9.96. The van der Waals surface area contributed by atoms with Crippen molar-refractivity contribution in [2.45, 2.75) is 0 Å². The number of halogens is 1. The van der Waals surface area contributed by atoms with Crippen LogP contribution < -0.4 is 4.90 Å². The van der Waals surface area contributed by atoms with E-state index in [1.807, 2.05) is 12.1 Å². The van der Waals surface area contributed by atoms with E-state index in [0.717, 1.165) is 37.8 Å². The van der Waals surface area contributed by atoms with E-state index in [9.17, 15) is 0 Å². The van der Waals surface area contributed by atoms with Gasteiger partial charge in [0.15, 0.2) is 5.58 Å². The van der Waals surface area contributed by atoms with Crippen LogP contribution >= 0.6 is 15.9 Å². The molecule has 0 bridgehead atoms. The van der Waals surface area contributed by atoms with Crippen molar-refractivity contribution in [3.63, 3.8) is 0 Å². The van der Waals surface area contributed by atoms with Crippen LogP contribution in [0.5, 0.6) is 0 Å². The molecule has 0 spiro atoms. The van der Waals surface area contributed by atoms with Crippen LogP contribution in [-0.4, -0.2) is 0 Å². The third kappa shape index (κ3) is 2.12. The molecule has 0 atom stereocenters. The molecule has 3 heteroatoms. The van der Waals surface area contributed by atoms with Crippen molar-refractivity contribution in [3.05, 3.63) is 89.0 Å². The Labute approximate surface area is 164 Å². The van der Waals surface area contributed by atoms with Crippen molar-refractivity contribution in [2.75, 3.05) is 4.90 Å². The molecule has 5 aromatic rings. The summed E-state index contributed by atoms with van der Waals surface area (Å²) >= 11 is 3.56. The average Bonchev–Trinajstić information content (AvgIpc) is 3.06.